The zero-order chi connectivity index (χ0) is 15.8. The molecule has 4 rings (SSSR count). The Morgan fingerprint density at radius 2 is 1.74 bits per heavy atom. The molecule has 5 nitrogen and oxygen atoms in total. The number of nitrogens with one attached hydrogen (secondary N) is 1. The first-order valence-corrected chi connectivity index (χ1v) is 9.53. The van der Waals surface area contributed by atoms with E-state index >= 15 is 0 Å². The van der Waals surface area contributed by atoms with E-state index in [-0.39, 0.29) is 0 Å². The van der Waals surface area contributed by atoms with E-state index in [0.29, 0.717) is 29.4 Å². The highest BCUT2D eigenvalue weighted by Crippen LogP contribution is 2.31. The molecule has 2 fully saturated rings. The van der Waals surface area contributed by atoms with E-state index < -0.39 is 0 Å². The van der Waals surface area contributed by atoms with E-state index in [1.54, 1.807) is 12.4 Å². The summed E-state index contributed by atoms with van der Waals surface area (Å²) in [6.45, 7) is 0. The van der Waals surface area contributed by atoms with Gasteiger partial charge >= 0.3 is 0 Å². The zero-order valence-corrected chi connectivity index (χ0v) is 15.5. The van der Waals surface area contributed by atoms with E-state index in [9.17, 15) is 0 Å². The standard InChI is InChI=1S/C16H18ClIN4O/c17-15-12-7-20-16(22-14(12)13(18)8-19-15)21-9-1-3-10(4-2-9)23-11-5-6-11/h7-11H,1-6H2,(H,20,21,22). The highest BCUT2D eigenvalue weighted by Gasteiger charge is 2.29. The van der Waals surface area contributed by atoms with Crippen LogP contribution < -0.4 is 5.32 Å². The highest BCUT2D eigenvalue weighted by molar-refractivity contribution is 14.1. The normalized spacial score (nSPS) is 24.8. The molecule has 0 unspecified atom stereocenters. The minimum absolute atomic E-state index is 0.418. The lowest BCUT2D eigenvalue weighted by Gasteiger charge is -2.29. The van der Waals surface area contributed by atoms with Gasteiger partial charge in [-0.05, 0) is 61.1 Å². The van der Waals surface area contributed by atoms with Crippen LogP contribution in [0.5, 0.6) is 0 Å². The molecule has 0 aliphatic heterocycles. The first-order valence-electron chi connectivity index (χ1n) is 8.08. The van der Waals surface area contributed by atoms with Gasteiger partial charge in [0.25, 0.3) is 0 Å². The molecule has 0 radical (unpaired) electrons. The smallest absolute Gasteiger partial charge is 0.223 e. The van der Waals surface area contributed by atoms with Crippen LogP contribution in [0, 0.1) is 3.57 Å². The van der Waals surface area contributed by atoms with Crippen molar-refractivity contribution in [2.45, 2.75) is 56.8 Å². The summed E-state index contributed by atoms with van der Waals surface area (Å²) in [5, 5.41) is 4.71. The van der Waals surface area contributed by atoms with E-state index in [1.807, 2.05) is 0 Å². The number of ether oxygens (including phenoxy) is 1. The fraction of sp³-hybridized carbons (Fsp3) is 0.562. The summed E-state index contributed by atoms with van der Waals surface area (Å²) < 4.78 is 6.99. The summed E-state index contributed by atoms with van der Waals surface area (Å²) >= 11 is 8.33. The van der Waals surface area contributed by atoms with Crippen LogP contribution in [0.3, 0.4) is 0 Å². The second kappa shape index (κ2) is 6.64. The number of hydrogen-bond acceptors (Lipinski definition) is 5. The minimum atomic E-state index is 0.418. The molecule has 0 spiro atoms. The van der Waals surface area contributed by atoms with Crippen molar-refractivity contribution in [3.8, 4) is 0 Å². The van der Waals surface area contributed by atoms with Crippen LogP contribution in [0.2, 0.25) is 5.15 Å². The van der Waals surface area contributed by atoms with Gasteiger partial charge in [-0.3, -0.25) is 0 Å². The van der Waals surface area contributed by atoms with Crippen molar-refractivity contribution >= 4 is 51.0 Å². The van der Waals surface area contributed by atoms with Gasteiger partial charge in [0, 0.05) is 18.4 Å². The van der Waals surface area contributed by atoms with E-state index in [2.05, 4.69) is 42.9 Å². The van der Waals surface area contributed by atoms with Crippen molar-refractivity contribution in [3.63, 3.8) is 0 Å². The highest BCUT2D eigenvalue weighted by atomic mass is 127. The average molecular weight is 445 g/mol. The Balaban J connectivity index is 1.42. The maximum absolute atomic E-state index is 6.11. The lowest BCUT2D eigenvalue weighted by Crippen LogP contribution is -2.30. The monoisotopic (exact) mass is 444 g/mol. The molecule has 122 valence electrons. The number of halogens is 2. The molecule has 2 aliphatic carbocycles. The predicted octanol–water partition coefficient (Wildman–Crippen LogP) is 4.18. The molecule has 2 aliphatic rings. The van der Waals surface area contributed by atoms with E-state index in [1.165, 1.54) is 12.8 Å². The van der Waals surface area contributed by atoms with Crippen LogP contribution in [0.1, 0.15) is 38.5 Å². The fourth-order valence-corrected chi connectivity index (χ4v) is 3.77. The molecule has 2 aromatic rings. The van der Waals surface area contributed by atoms with Crippen molar-refractivity contribution in [1.29, 1.82) is 0 Å². The fourth-order valence-electron chi connectivity index (χ4n) is 3.03. The Bertz CT molecular complexity index is 717. The molecule has 2 aromatic heterocycles. The van der Waals surface area contributed by atoms with Crippen LogP contribution >= 0.6 is 34.2 Å². The van der Waals surface area contributed by atoms with Gasteiger partial charge in [-0.25, -0.2) is 15.0 Å². The van der Waals surface area contributed by atoms with Gasteiger partial charge in [0.2, 0.25) is 5.95 Å². The minimum Gasteiger partial charge on any atom is -0.375 e. The van der Waals surface area contributed by atoms with Gasteiger partial charge < -0.3 is 10.1 Å². The topological polar surface area (TPSA) is 59.9 Å². The molecule has 0 amide bonds. The Hall–Kier alpha value is -0.730. The third-order valence-electron chi connectivity index (χ3n) is 4.45. The molecular formula is C16H18ClIN4O. The number of rotatable bonds is 4. The van der Waals surface area contributed by atoms with Gasteiger partial charge in [-0.15, -0.1) is 0 Å². The van der Waals surface area contributed by atoms with Crippen LogP contribution in [-0.4, -0.2) is 33.2 Å². The summed E-state index contributed by atoms with van der Waals surface area (Å²) in [4.78, 5) is 13.2. The molecular weight excluding hydrogens is 427 g/mol. The molecule has 1 N–H and O–H groups in total. The van der Waals surface area contributed by atoms with Crippen molar-refractivity contribution in [2.75, 3.05) is 5.32 Å². The van der Waals surface area contributed by atoms with Crippen molar-refractivity contribution in [3.05, 3.63) is 21.1 Å². The first kappa shape index (κ1) is 15.8. The quantitative estimate of drug-likeness (QED) is 0.566. The lowest BCUT2D eigenvalue weighted by molar-refractivity contribution is 0.0146. The summed E-state index contributed by atoms with van der Waals surface area (Å²) in [6.07, 6.45) is 11.4. The number of aromatic nitrogens is 3. The zero-order valence-electron chi connectivity index (χ0n) is 12.6. The number of pyridine rings is 1. The second-order valence-electron chi connectivity index (χ2n) is 6.31. The Morgan fingerprint density at radius 3 is 2.43 bits per heavy atom. The third-order valence-corrected chi connectivity index (χ3v) is 5.54. The van der Waals surface area contributed by atoms with Crippen LogP contribution in [0.4, 0.5) is 5.95 Å². The SMILES string of the molecule is Clc1ncc(I)c2nc(NC3CCC(OC4CC4)CC3)ncc12. The maximum atomic E-state index is 6.11. The summed E-state index contributed by atoms with van der Waals surface area (Å²) in [7, 11) is 0. The maximum Gasteiger partial charge on any atom is 0.223 e. The predicted molar refractivity (Wildman–Crippen MR) is 98.8 cm³/mol. The molecule has 0 saturated heterocycles. The molecule has 0 aromatic carbocycles. The summed E-state index contributed by atoms with van der Waals surface area (Å²) in [6, 6.07) is 0.418. The number of nitrogens with zero attached hydrogens (tertiary/aromatic N) is 3. The molecule has 7 heteroatoms. The van der Waals surface area contributed by atoms with Gasteiger partial charge in [0.15, 0.2) is 0 Å². The van der Waals surface area contributed by atoms with Gasteiger partial charge in [0.05, 0.1) is 26.7 Å². The summed E-state index contributed by atoms with van der Waals surface area (Å²) in [5.41, 5.74) is 0.855. The molecule has 23 heavy (non-hydrogen) atoms. The number of fused-ring (bicyclic) bond motifs is 1. The molecule has 0 atom stereocenters. The van der Waals surface area contributed by atoms with Crippen molar-refractivity contribution in [1.82, 2.24) is 15.0 Å². The largest absolute Gasteiger partial charge is 0.375 e. The van der Waals surface area contributed by atoms with Crippen LogP contribution in [0.15, 0.2) is 12.4 Å². The Kier molecular flexibility index (Phi) is 4.56. The Labute approximate surface area is 153 Å². The van der Waals surface area contributed by atoms with E-state index in [4.69, 9.17) is 16.3 Å². The second-order valence-corrected chi connectivity index (χ2v) is 7.83. The van der Waals surface area contributed by atoms with Gasteiger partial charge in [-0.1, -0.05) is 11.6 Å². The van der Waals surface area contributed by atoms with Crippen molar-refractivity contribution in [2.24, 2.45) is 0 Å². The van der Waals surface area contributed by atoms with E-state index in [0.717, 1.165) is 40.2 Å². The Morgan fingerprint density at radius 1 is 1.04 bits per heavy atom. The number of hydrogen-bond donors (Lipinski definition) is 1. The average Bonchev–Trinajstić information content (AvgIpc) is 3.37. The molecule has 2 saturated carbocycles. The molecule has 0 bridgehead atoms. The third kappa shape index (κ3) is 3.69. The van der Waals surface area contributed by atoms with Crippen molar-refractivity contribution < 1.29 is 4.74 Å². The molecule has 2 heterocycles. The lowest BCUT2D eigenvalue weighted by atomic mass is 9.93. The van der Waals surface area contributed by atoms with Gasteiger partial charge in [-0.2, -0.15) is 0 Å². The van der Waals surface area contributed by atoms with Gasteiger partial charge in [0.1, 0.15) is 5.15 Å². The summed E-state index contributed by atoms with van der Waals surface area (Å²) in [5.74, 6) is 0.671. The first-order chi connectivity index (χ1) is 11.2. The van der Waals surface area contributed by atoms with Crippen LogP contribution in [0.25, 0.3) is 10.9 Å². The van der Waals surface area contributed by atoms with Crippen LogP contribution in [-0.2, 0) is 4.74 Å². The number of anilines is 1.